The molecule has 29 heavy (non-hydrogen) atoms. The first-order chi connectivity index (χ1) is 14.1. The van der Waals surface area contributed by atoms with Crippen molar-refractivity contribution < 1.29 is 4.52 Å². The van der Waals surface area contributed by atoms with Gasteiger partial charge in [0.2, 0.25) is 11.7 Å². The first kappa shape index (κ1) is 19.5. The summed E-state index contributed by atoms with van der Waals surface area (Å²) in [5.41, 5.74) is 1.89. The molecule has 150 valence electrons. The maximum atomic E-state index is 6.07. The van der Waals surface area contributed by atoms with Gasteiger partial charge in [-0.25, -0.2) is 0 Å². The van der Waals surface area contributed by atoms with Crippen LogP contribution in [0, 0.1) is 0 Å². The van der Waals surface area contributed by atoms with E-state index >= 15 is 0 Å². The van der Waals surface area contributed by atoms with Gasteiger partial charge in [-0.05, 0) is 37.1 Å². The summed E-state index contributed by atoms with van der Waals surface area (Å²) in [5, 5.41) is 4.77. The lowest BCUT2D eigenvalue weighted by molar-refractivity contribution is 0.165. The summed E-state index contributed by atoms with van der Waals surface area (Å²) in [6.45, 7) is 1.31. The molecule has 1 aromatic carbocycles. The van der Waals surface area contributed by atoms with Crippen LogP contribution in [-0.2, 0) is 6.54 Å². The highest BCUT2D eigenvalue weighted by Gasteiger charge is 2.31. The lowest BCUT2D eigenvalue weighted by Crippen LogP contribution is -2.40. The first-order valence-electron chi connectivity index (χ1n) is 9.55. The van der Waals surface area contributed by atoms with Gasteiger partial charge < -0.3 is 9.42 Å². The van der Waals surface area contributed by atoms with Gasteiger partial charge in [-0.15, -0.1) is 0 Å². The topological polar surface area (TPSA) is 70.7 Å². The molecule has 0 N–H and O–H groups in total. The molecule has 2 heterocycles. The van der Waals surface area contributed by atoms with Crippen LogP contribution in [0.3, 0.4) is 0 Å². The highest BCUT2D eigenvalue weighted by Crippen LogP contribution is 2.29. The standard InChI is InChI=1S/C21H23ClN6O/c1-23-21(15-8-10-24-11-9-15)27(2)14-28(18-6-7-18)13-19-25-20(26-29-19)16-4-3-5-17(22)12-16/h3-5,8-12,18H,6-7,13-14H2,1-2H3. The Morgan fingerprint density at radius 1 is 1.24 bits per heavy atom. The maximum Gasteiger partial charge on any atom is 0.241 e. The second-order valence-electron chi connectivity index (χ2n) is 7.12. The van der Waals surface area contributed by atoms with Crippen molar-refractivity contribution in [3.8, 4) is 11.4 Å². The number of hydrogen-bond acceptors (Lipinski definition) is 6. The number of benzene rings is 1. The Hall–Kier alpha value is -2.77. The van der Waals surface area contributed by atoms with Gasteiger partial charge in [0, 0.05) is 48.7 Å². The normalized spacial score (nSPS) is 14.4. The second kappa shape index (κ2) is 8.71. The third-order valence-electron chi connectivity index (χ3n) is 4.86. The van der Waals surface area contributed by atoms with Crippen molar-refractivity contribution in [2.75, 3.05) is 20.8 Å². The van der Waals surface area contributed by atoms with Crippen molar-refractivity contribution in [2.24, 2.45) is 4.99 Å². The van der Waals surface area contributed by atoms with Crippen molar-refractivity contribution in [2.45, 2.75) is 25.4 Å². The molecule has 1 fully saturated rings. The summed E-state index contributed by atoms with van der Waals surface area (Å²) in [7, 11) is 3.85. The zero-order valence-electron chi connectivity index (χ0n) is 16.5. The monoisotopic (exact) mass is 410 g/mol. The average Bonchev–Trinajstić information content (AvgIpc) is 3.48. The summed E-state index contributed by atoms with van der Waals surface area (Å²) in [6, 6.07) is 11.9. The van der Waals surface area contributed by atoms with Gasteiger partial charge in [0.25, 0.3) is 0 Å². The van der Waals surface area contributed by atoms with E-state index in [1.165, 1.54) is 12.8 Å². The smallest absolute Gasteiger partial charge is 0.241 e. The van der Waals surface area contributed by atoms with Gasteiger partial charge in [0.05, 0.1) is 13.2 Å². The van der Waals surface area contributed by atoms with Crippen LogP contribution in [0.2, 0.25) is 5.02 Å². The van der Waals surface area contributed by atoms with E-state index < -0.39 is 0 Å². The molecule has 0 radical (unpaired) electrons. The fourth-order valence-electron chi connectivity index (χ4n) is 3.33. The zero-order valence-corrected chi connectivity index (χ0v) is 17.3. The van der Waals surface area contributed by atoms with Crippen LogP contribution < -0.4 is 0 Å². The van der Waals surface area contributed by atoms with E-state index in [0.717, 1.165) is 17.0 Å². The Kier molecular flexibility index (Phi) is 5.87. The predicted molar refractivity (Wildman–Crippen MR) is 113 cm³/mol. The van der Waals surface area contributed by atoms with Crippen LogP contribution in [0.25, 0.3) is 11.4 Å². The molecule has 0 unspecified atom stereocenters. The number of pyridine rings is 1. The molecule has 0 bridgehead atoms. The van der Waals surface area contributed by atoms with E-state index in [2.05, 4.69) is 29.9 Å². The summed E-state index contributed by atoms with van der Waals surface area (Å²) in [4.78, 5) is 17.6. The summed E-state index contributed by atoms with van der Waals surface area (Å²) in [6.07, 6.45) is 5.92. The van der Waals surface area contributed by atoms with Gasteiger partial charge in [0.15, 0.2) is 0 Å². The third-order valence-corrected chi connectivity index (χ3v) is 5.09. The van der Waals surface area contributed by atoms with Crippen molar-refractivity contribution in [1.29, 1.82) is 0 Å². The fourth-order valence-corrected chi connectivity index (χ4v) is 3.52. The quantitative estimate of drug-likeness (QED) is 0.336. The molecule has 1 saturated carbocycles. The molecule has 0 atom stereocenters. The van der Waals surface area contributed by atoms with E-state index in [4.69, 9.17) is 16.1 Å². The largest absolute Gasteiger partial charge is 0.346 e. The highest BCUT2D eigenvalue weighted by molar-refractivity contribution is 6.30. The van der Waals surface area contributed by atoms with Crippen LogP contribution in [0.4, 0.5) is 0 Å². The third kappa shape index (κ3) is 4.81. The zero-order chi connectivity index (χ0) is 20.2. The fraction of sp³-hybridized carbons (Fsp3) is 0.333. The van der Waals surface area contributed by atoms with Crippen LogP contribution in [0.1, 0.15) is 24.3 Å². The molecule has 1 aliphatic carbocycles. The van der Waals surface area contributed by atoms with Gasteiger partial charge >= 0.3 is 0 Å². The van der Waals surface area contributed by atoms with E-state index in [1.54, 1.807) is 12.4 Å². The first-order valence-corrected chi connectivity index (χ1v) is 9.92. The molecule has 7 nitrogen and oxygen atoms in total. The SMILES string of the molecule is CN=C(c1ccncc1)N(C)CN(Cc1nc(-c2cccc(Cl)c2)no1)C1CC1. The number of aromatic nitrogens is 3. The molecule has 0 spiro atoms. The summed E-state index contributed by atoms with van der Waals surface area (Å²) < 4.78 is 5.52. The molecule has 8 heteroatoms. The Morgan fingerprint density at radius 3 is 2.72 bits per heavy atom. The molecule has 0 aliphatic heterocycles. The molecule has 4 rings (SSSR count). The minimum atomic E-state index is 0.523. The van der Waals surface area contributed by atoms with Gasteiger partial charge in [-0.3, -0.25) is 14.9 Å². The Balaban J connectivity index is 1.46. The van der Waals surface area contributed by atoms with Crippen LogP contribution in [0.15, 0.2) is 58.3 Å². The minimum absolute atomic E-state index is 0.523. The van der Waals surface area contributed by atoms with Crippen LogP contribution >= 0.6 is 11.6 Å². The van der Waals surface area contributed by atoms with Crippen molar-refractivity contribution in [3.63, 3.8) is 0 Å². The van der Waals surface area contributed by atoms with Gasteiger partial charge in [-0.1, -0.05) is 28.9 Å². The van der Waals surface area contributed by atoms with E-state index in [0.29, 0.717) is 36.0 Å². The van der Waals surface area contributed by atoms with Crippen molar-refractivity contribution in [3.05, 3.63) is 65.3 Å². The summed E-state index contributed by atoms with van der Waals surface area (Å²) in [5.74, 6) is 2.07. The van der Waals surface area contributed by atoms with E-state index in [9.17, 15) is 0 Å². The molecular weight excluding hydrogens is 388 g/mol. The molecule has 1 aliphatic rings. The van der Waals surface area contributed by atoms with Gasteiger partial charge in [-0.2, -0.15) is 4.98 Å². The Morgan fingerprint density at radius 2 is 2.03 bits per heavy atom. The molecular formula is C21H23ClN6O. The molecule has 3 aromatic rings. The van der Waals surface area contributed by atoms with Gasteiger partial charge in [0.1, 0.15) is 5.84 Å². The molecule has 2 aromatic heterocycles. The highest BCUT2D eigenvalue weighted by atomic mass is 35.5. The number of halogens is 1. The number of hydrogen-bond donors (Lipinski definition) is 0. The number of aliphatic imine (C=N–C) groups is 1. The Labute approximate surface area is 175 Å². The average molecular weight is 411 g/mol. The molecule has 0 saturated heterocycles. The van der Waals surface area contributed by atoms with Crippen molar-refractivity contribution in [1.82, 2.24) is 24.9 Å². The predicted octanol–water partition coefficient (Wildman–Crippen LogP) is 3.72. The lowest BCUT2D eigenvalue weighted by atomic mass is 10.2. The Bertz CT molecular complexity index is 986. The summed E-state index contributed by atoms with van der Waals surface area (Å²) >= 11 is 6.07. The van der Waals surface area contributed by atoms with E-state index in [1.807, 2.05) is 50.5 Å². The number of nitrogens with zero attached hydrogens (tertiary/aromatic N) is 6. The number of rotatable bonds is 7. The van der Waals surface area contributed by atoms with Crippen LogP contribution in [-0.4, -0.2) is 57.6 Å². The number of amidine groups is 1. The maximum absolute atomic E-state index is 6.07. The van der Waals surface area contributed by atoms with Crippen molar-refractivity contribution >= 4 is 17.4 Å². The molecule has 0 amide bonds. The van der Waals surface area contributed by atoms with Crippen LogP contribution in [0.5, 0.6) is 0 Å². The minimum Gasteiger partial charge on any atom is -0.346 e. The van der Waals surface area contributed by atoms with E-state index in [-0.39, 0.29) is 0 Å². The lowest BCUT2D eigenvalue weighted by Gasteiger charge is -2.29. The second-order valence-corrected chi connectivity index (χ2v) is 7.56.